The van der Waals surface area contributed by atoms with Gasteiger partial charge in [-0.2, -0.15) is 0 Å². The van der Waals surface area contributed by atoms with Gasteiger partial charge in [-0.05, 0) is 26.3 Å². The highest BCUT2D eigenvalue weighted by Crippen LogP contribution is 2.38. The fraction of sp³-hybridized carbons (Fsp3) is 0.727. The van der Waals surface area contributed by atoms with E-state index in [1.807, 2.05) is 0 Å². The highest BCUT2D eigenvalue weighted by atomic mass is 16.4. The molecule has 2 saturated heterocycles. The molecule has 0 radical (unpaired) electrons. The van der Waals surface area contributed by atoms with E-state index in [-0.39, 0.29) is 11.8 Å². The van der Waals surface area contributed by atoms with Gasteiger partial charge < -0.3 is 19.7 Å². The second-order valence-electron chi connectivity index (χ2n) is 5.01. The second kappa shape index (κ2) is 4.03. The summed E-state index contributed by atoms with van der Waals surface area (Å²) < 4.78 is 5.12. The molecule has 0 saturated carbocycles. The number of carbonyl (C=O) groups is 1. The average Bonchev–Trinajstić information content (AvgIpc) is 2.99. The molecular weight excluding hydrogens is 236 g/mol. The van der Waals surface area contributed by atoms with Crippen LogP contribution in [0.2, 0.25) is 0 Å². The van der Waals surface area contributed by atoms with Crippen LogP contribution in [0.5, 0.6) is 0 Å². The van der Waals surface area contributed by atoms with Gasteiger partial charge in [0.05, 0.1) is 6.10 Å². The summed E-state index contributed by atoms with van der Waals surface area (Å²) in [6.07, 6.45) is 2.34. The van der Waals surface area contributed by atoms with E-state index in [1.54, 1.807) is 11.8 Å². The van der Waals surface area contributed by atoms with E-state index in [0.29, 0.717) is 6.54 Å². The SMILES string of the molecule is C[C@H](O)[C@H](c1nnco1)N1CC2(CCCN2)C1=O. The Morgan fingerprint density at radius 1 is 1.67 bits per heavy atom. The number of carbonyl (C=O) groups excluding carboxylic acids is 1. The van der Waals surface area contributed by atoms with Gasteiger partial charge in [0.2, 0.25) is 18.2 Å². The Morgan fingerprint density at radius 3 is 3.00 bits per heavy atom. The Bertz CT molecular complexity index is 439. The minimum absolute atomic E-state index is 0.0177. The van der Waals surface area contributed by atoms with E-state index in [2.05, 4.69) is 15.5 Å². The van der Waals surface area contributed by atoms with Gasteiger partial charge >= 0.3 is 0 Å². The molecule has 1 amide bonds. The molecule has 98 valence electrons. The minimum atomic E-state index is -0.742. The first-order valence-electron chi connectivity index (χ1n) is 6.14. The highest BCUT2D eigenvalue weighted by Gasteiger charge is 2.56. The van der Waals surface area contributed by atoms with Crippen LogP contribution < -0.4 is 5.32 Å². The predicted molar refractivity (Wildman–Crippen MR) is 60.4 cm³/mol. The van der Waals surface area contributed by atoms with Crippen molar-refractivity contribution in [2.75, 3.05) is 13.1 Å². The number of likely N-dealkylation sites (tertiary alicyclic amines) is 1. The van der Waals surface area contributed by atoms with Crippen LogP contribution in [0, 0.1) is 0 Å². The van der Waals surface area contributed by atoms with Crippen molar-refractivity contribution >= 4 is 5.91 Å². The molecule has 3 atom stereocenters. The number of nitrogens with one attached hydrogen (secondary N) is 1. The molecule has 0 aliphatic carbocycles. The van der Waals surface area contributed by atoms with Crippen LogP contribution in [0.15, 0.2) is 10.8 Å². The molecular formula is C11H16N4O3. The van der Waals surface area contributed by atoms with Crippen molar-refractivity contribution in [1.82, 2.24) is 20.4 Å². The number of rotatable bonds is 3. The van der Waals surface area contributed by atoms with Crippen LogP contribution in [0.25, 0.3) is 0 Å². The lowest BCUT2D eigenvalue weighted by molar-refractivity contribution is -0.161. The molecule has 3 heterocycles. The first kappa shape index (κ1) is 11.6. The molecule has 7 nitrogen and oxygen atoms in total. The Hall–Kier alpha value is -1.47. The largest absolute Gasteiger partial charge is 0.426 e. The first-order chi connectivity index (χ1) is 8.64. The van der Waals surface area contributed by atoms with Crippen LogP contribution in [0.1, 0.15) is 31.7 Å². The Labute approximate surface area is 104 Å². The van der Waals surface area contributed by atoms with Gasteiger partial charge in [0, 0.05) is 6.54 Å². The summed E-state index contributed by atoms with van der Waals surface area (Å²) in [6.45, 7) is 3.08. The Balaban J connectivity index is 1.80. The van der Waals surface area contributed by atoms with Crippen LogP contribution in [0.3, 0.4) is 0 Å². The van der Waals surface area contributed by atoms with Crippen molar-refractivity contribution < 1.29 is 14.3 Å². The number of nitrogens with zero attached hydrogens (tertiary/aromatic N) is 3. The van der Waals surface area contributed by atoms with Gasteiger partial charge in [0.25, 0.3) is 0 Å². The lowest BCUT2D eigenvalue weighted by Crippen LogP contribution is -2.72. The van der Waals surface area contributed by atoms with Crippen molar-refractivity contribution in [3.63, 3.8) is 0 Å². The van der Waals surface area contributed by atoms with E-state index in [0.717, 1.165) is 19.4 Å². The summed E-state index contributed by atoms with van der Waals surface area (Å²) in [5, 5.41) is 20.5. The molecule has 2 aliphatic rings. The van der Waals surface area contributed by atoms with Gasteiger partial charge in [0.15, 0.2) is 0 Å². The van der Waals surface area contributed by atoms with Crippen molar-refractivity contribution in [2.45, 2.75) is 37.5 Å². The maximum Gasteiger partial charge on any atom is 0.245 e. The average molecular weight is 252 g/mol. The van der Waals surface area contributed by atoms with Crippen LogP contribution >= 0.6 is 0 Å². The van der Waals surface area contributed by atoms with Gasteiger partial charge in [0.1, 0.15) is 11.6 Å². The number of aliphatic hydroxyl groups is 1. The second-order valence-corrected chi connectivity index (χ2v) is 5.01. The standard InChI is InChI=1S/C11H16N4O3/c1-7(16)8(9-14-13-6-18-9)15-5-11(10(15)17)3-2-4-12-11/h6-8,12,16H,2-5H2,1H3/t7-,8+,11?/m0/s1. The van der Waals surface area contributed by atoms with E-state index in [1.165, 1.54) is 6.39 Å². The van der Waals surface area contributed by atoms with E-state index in [4.69, 9.17) is 4.42 Å². The summed E-state index contributed by atoms with van der Waals surface area (Å²) in [6, 6.07) is -0.548. The topological polar surface area (TPSA) is 91.5 Å². The smallest absolute Gasteiger partial charge is 0.245 e. The van der Waals surface area contributed by atoms with E-state index >= 15 is 0 Å². The number of β-lactam (4-membered cyclic amide) rings is 1. The lowest BCUT2D eigenvalue weighted by atomic mass is 9.84. The summed E-state index contributed by atoms with van der Waals surface area (Å²) in [4.78, 5) is 13.9. The van der Waals surface area contributed by atoms with Crippen LogP contribution in [-0.4, -0.2) is 50.8 Å². The summed E-state index contributed by atoms with van der Waals surface area (Å²) >= 11 is 0. The third-order valence-electron chi connectivity index (χ3n) is 3.78. The molecule has 1 aromatic heterocycles. The van der Waals surface area contributed by atoms with Gasteiger partial charge in [-0.1, -0.05) is 0 Å². The zero-order chi connectivity index (χ0) is 12.8. The maximum atomic E-state index is 12.3. The molecule has 2 N–H and O–H groups in total. The summed E-state index contributed by atoms with van der Waals surface area (Å²) in [7, 11) is 0. The third kappa shape index (κ3) is 1.54. The molecule has 1 spiro atoms. The number of hydrogen-bond donors (Lipinski definition) is 2. The fourth-order valence-corrected chi connectivity index (χ4v) is 2.87. The number of amides is 1. The third-order valence-corrected chi connectivity index (χ3v) is 3.78. The van der Waals surface area contributed by atoms with Crippen molar-refractivity contribution in [3.8, 4) is 0 Å². The van der Waals surface area contributed by atoms with Gasteiger partial charge in [-0.25, -0.2) is 0 Å². The van der Waals surface area contributed by atoms with E-state index in [9.17, 15) is 9.90 Å². The Kier molecular flexibility index (Phi) is 2.60. The normalized spacial score (nSPS) is 30.6. The van der Waals surface area contributed by atoms with Crippen molar-refractivity contribution in [1.29, 1.82) is 0 Å². The fourth-order valence-electron chi connectivity index (χ4n) is 2.87. The quantitative estimate of drug-likeness (QED) is 0.702. The zero-order valence-corrected chi connectivity index (χ0v) is 10.2. The summed E-state index contributed by atoms with van der Waals surface area (Å²) in [5.74, 6) is 0.301. The van der Waals surface area contributed by atoms with Crippen molar-refractivity contribution in [3.05, 3.63) is 12.3 Å². The predicted octanol–water partition coefficient (Wildman–Crippen LogP) is -0.544. The molecule has 2 aliphatic heterocycles. The van der Waals surface area contributed by atoms with Crippen LogP contribution in [-0.2, 0) is 4.79 Å². The molecule has 0 bridgehead atoms. The first-order valence-corrected chi connectivity index (χ1v) is 6.14. The molecule has 3 rings (SSSR count). The molecule has 7 heteroatoms. The molecule has 18 heavy (non-hydrogen) atoms. The van der Waals surface area contributed by atoms with Gasteiger partial charge in [-0.3, -0.25) is 4.79 Å². The molecule has 1 aromatic rings. The number of aromatic nitrogens is 2. The molecule has 2 fully saturated rings. The van der Waals surface area contributed by atoms with Crippen LogP contribution in [0.4, 0.5) is 0 Å². The molecule has 1 unspecified atom stereocenters. The molecule has 0 aromatic carbocycles. The van der Waals surface area contributed by atoms with Crippen molar-refractivity contribution in [2.24, 2.45) is 0 Å². The zero-order valence-electron chi connectivity index (χ0n) is 10.2. The Morgan fingerprint density at radius 2 is 2.50 bits per heavy atom. The van der Waals surface area contributed by atoms with Gasteiger partial charge in [-0.15, -0.1) is 10.2 Å². The highest BCUT2D eigenvalue weighted by molar-refractivity contribution is 5.93. The maximum absolute atomic E-state index is 12.3. The lowest BCUT2D eigenvalue weighted by Gasteiger charge is -2.50. The summed E-state index contributed by atoms with van der Waals surface area (Å²) in [5.41, 5.74) is -0.410. The minimum Gasteiger partial charge on any atom is -0.426 e. The number of aliphatic hydroxyl groups excluding tert-OH is 1. The van der Waals surface area contributed by atoms with E-state index < -0.39 is 17.7 Å². The monoisotopic (exact) mass is 252 g/mol. The number of hydrogen-bond acceptors (Lipinski definition) is 6.